The SMILES string of the molecule is COCCOc1cc2c(cc1OC(C)C)C(=O)c1c([nH]c3cc(C4C=N4)ccc13)C2(C)C. The molecule has 3 aromatic rings. The van der Waals surface area contributed by atoms with E-state index in [1.165, 1.54) is 0 Å². The van der Waals surface area contributed by atoms with Crippen LogP contribution in [0.25, 0.3) is 10.9 Å². The van der Waals surface area contributed by atoms with Crippen molar-refractivity contribution in [2.45, 2.75) is 45.3 Å². The predicted molar refractivity (Wildman–Crippen MR) is 125 cm³/mol. The van der Waals surface area contributed by atoms with Crippen molar-refractivity contribution in [3.05, 3.63) is 58.3 Å². The van der Waals surface area contributed by atoms with Crippen LogP contribution in [0.5, 0.6) is 11.5 Å². The number of rotatable bonds is 7. The van der Waals surface area contributed by atoms with Crippen LogP contribution < -0.4 is 9.47 Å². The average molecular weight is 433 g/mol. The number of ether oxygens (including phenoxy) is 3. The van der Waals surface area contributed by atoms with Crippen LogP contribution in [0.4, 0.5) is 0 Å². The van der Waals surface area contributed by atoms with Crippen molar-refractivity contribution in [2.24, 2.45) is 4.99 Å². The first-order valence-corrected chi connectivity index (χ1v) is 11.0. The smallest absolute Gasteiger partial charge is 0.195 e. The van der Waals surface area contributed by atoms with Crippen molar-refractivity contribution in [2.75, 3.05) is 20.3 Å². The third kappa shape index (κ3) is 3.30. The Hall–Kier alpha value is -3.12. The number of carbonyl (C=O) groups excluding carboxylic acids is 1. The normalized spacial score (nSPS) is 18.1. The molecule has 0 saturated carbocycles. The van der Waals surface area contributed by atoms with Gasteiger partial charge in [0.15, 0.2) is 17.3 Å². The summed E-state index contributed by atoms with van der Waals surface area (Å²) in [7, 11) is 1.64. The molecule has 1 aliphatic carbocycles. The van der Waals surface area contributed by atoms with E-state index < -0.39 is 5.41 Å². The average Bonchev–Trinajstić information content (AvgIpc) is 3.52. The summed E-state index contributed by atoms with van der Waals surface area (Å²) in [6.45, 7) is 9.08. The van der Waals surface area contributed by atoms with Gasteiger partial charge in [0.05, 0.1) is 18.3 Å². The molecule has 0 bridgehead atoms. The van der Waals surface area contributed by atoms with Crippen LogP contribution >= 0.6 is 0 Å². The monoisotopic (exact) mass is 432 g/mol. The molecule has 2 heterocycles. The Bertz CT molecular complexity index is 1250. The molecule has 1 aliphatic heterocycles. The van der Waals surface area contributed by atoms with Crippen LogP contribution in [0.15, 0.2) is 35.3 Å². The van der Waals surface area contributed by atoms with Gasteiger partial charge >= 0.3 is 0 Å². The number of hydrogen-bond acceptors (Lipinski definition) is 5. The van der Waals surface area contributed by atoms with Crippen molar-refractivity contribution in [3.8, 4) is 11.5 Å². The summed E-state index contributed by atoms with van der Waals surface area (Å²) >= 11 is 0. The molecule has 2 aliphatic rings. The number of nitrogens with one attached hydrogen (secondary N) is 1. The van der Waals surface area contributed by atoms with Gasteiger partial charge in [0, 0.05) is 40.9 Å². The van der Waals surface area contributed by atoms with E-state index in [-0.39, 0.29) is 17.9 Å². The molecule has 166 valence electrons. The minimum absolute atomic E-state index is 0.00745. The quantitative estimate of drug-likeness (QED) is 0.535. The minimum Gasteiger partial charge on any atom is -0.487 e. The summed E-state index contributed by atoms with van der Waals surface area (Å²) in [5, 5.41) is 0.944. The van der Waals surface area contributed by atoms with Gasteiger partial charge in [-0.2, -0.15) is 0 Å². The molecule has 2 aromatic carbocycles. The number of ketones is 1. The molecule has 1 aromatic heterocycles. The lowest BCUT2D eigenvalue weighted by Crippen LogP contribution is -2.30. The fourth-order valence-electron chi connectivity index (χ4n) is 4.55. The van der Waals surface area contributed by atoms with Crippen LogP contribution in [0.1, 0.15) is 66.5 Å². The molecule has 5 rings (SSSR count). The molecule has 0 fully saturated rings. The van der Waals surface area contributed by atoms with Crippen molar-refractivity contribution in [3.63, 3.8) is 0 Å². The number of H-pyrrole nitrogens is 1. The van der Waals surface area contributed by atoms with Gasteiger partial charge in [-0.05, 0) is 43.2 Å². The molecule has 6 heteroatoms. The third-order valence-corrected chi connectivity index (χ3v) is 6.22. The zero-order chi connectivity index (χ0) is 22.6. The highest BCUT2D eigenvalue weighted by Crippen LogP contribution is 2.47. The van der Waals surface area contributed by atoms with E-state index >= 15 is 0 Å². The van der Waals surface area contributed by atoms with Crippen molar-refractivity contribution < 1.29 is 19.0 Å². The summed E-state index contributed by atoms with van der Waals surface area (Å²) in [5.74, 6) is 1.21. The fourth-order valence-corrected chi connectivity index (χ4v) is 4.55. The Morgan fingerprint density at radius 2 is 1.91 bits per heavy atom. The highest BCUT2D eigenvalue weighted by atomic mass is 16.5. The van der Waals surface area contributed by atoms with E-state index in [0.717, 1.165) is 33.3 Å². The number of carbonyl (C=O) groups is 1. The fraction of sp³-hybridized carbons (Fsp3) is 0.385. The number of aliphatic imine (C=N–C) groups is 1. The molecular formula is C26H28N2O4. The number of aromatic amines is 1. The Morgan fingerprint density at radius 1 is 1.12 bits per heavy atom. The van der Waals surface area contributed by atoms with Gasteiger partial charge in [-0.15, -0.1) is 0 Å². The van der Waals surface area contributed by atoms with E-state index in [1.807, 2.05) is 38.3 Å². The Balaban J connectivity index is 1.65. The van der Waals surface area contributed by atoms with Gasteiger partial charge < -0.3 is 19.2 Å². The van der Waals surface area contributed by atoms with Crippen LogP contribution in [0.2, 0.25) is 0 Å². The minimum atomic E-state index is -0.413. The largest absolute Gasteiger partial charge is 0.487 e. The Kier molecular flexibility index (Phi) is 4.86. The van der Waals surface area contributed by atoms with Gasteiger partial charge in [0.25, 0.3) is 0 Å². The maximum atomic E-state index is 13.8. The van der Waals surface area contributed by atoms with E-state index in [1.54, 1.807) is 7.11 Å². The van der Waals surface area contributed by atoms with Crippen molar-refractivity contribution in [1.29, 1.82) is 0 Å². The highest BCUT2D eigenvalue weighted by Gasteiger charge is 2.41. The molecule has 32 heavy (non-hydrogen) atoms. The Morgan fingerprint density at radius 3 is 2.59 bits per heavy atom. The second-order valence-corrected chi connectivity index (χ2v) is 9.23. The van der Waals surface area contributed by atoms with Gasteiger partial charge in [-0.25, -0.2) is 0 Å². The summed E-state index contributed by atoms with van der Waals surface area (Å²) in [5.41, 5.74) is 4.95. The zero-order valence-corrected chi connectivity index (χ0v) is 19.1. The van der Waals surface area contributed by atoms with Gasteiger partial charge in [0.2, 0.25) is 0 Å². The molecular weight excluding hydrogens is 404 g/mol. The zero-order valence-electron chi connectivity index (χ0n) is 19.1. The molecule has 1 N–H and O–H groups in total. The van der Waals surface area contributed by atoms with E-state index in [0.29, 0.717) is 30.3 Å². The summed E-state index contributed by atoms with van der Waals surface area (Å²) < 4.78 is 17.1. The van der Waals surface area contributed by atoms with Crippen LogP contribution in [-0.4, -0.2) is 43.4 Å². The van der Waals surface area contributed by atoms with Crippen molar-refractivity contribution >= 4 is 22.9 Å². The summed E-state index contributed by atoms with van der Waals surface area (Å²) in [6.07, 6.45) is 1.88. The first-order valence-electron chi connectivity index (χ1n) is 11.0. The predicted octanol–water partition coefficient (Wildman–Crippen LogP) is 4.98. The van der Waals surface area contributed by atoms with Crippen molar-refractivity contribution in [1.82, 2.24) is 4.98 Å². The number of fused-ring (bicyclic) bond motifs is 4. The molecule has 1 atom stereocenters. The lowest BCUT2D eigenvalue weighted by Gasteiger charge is -2.33. The number of nitrogens with zero attached hydrogens (tertiary/aromatic N) is 1. The molecule has 0 spiro atoms. The number of benzene rings is 2. The van der Waals surface area contributed by atoms with Gasteiger partial charge in [-0.1, -0.05) is 26.0 Å². The first kappa shape index (κ1) is 20.8. The van der Waals surface area contributed by atoms with Crippen LogP contribution in [0.3, 0.4) is 0 Å². The highest BCUT2D eigenvalue weighted by molar-refractivity contribution is 6.20. The second-order valence-electron chi connectivity index (χ2n) is 9.23. The second kappa shape index (κ2) is 7.48. The molecule has 6 nitrogen and oxygen atoms in total. The number of hydrogen-bond donors (Lipinski definition) is 1. The summed E-state index contributed by atoms with van der Waals surface area (Å²) in [4.78, 5) is 21.6. The van der Waals surface area contributed by atoms with Gasteiger partial charge in [-0.3, -0.25) is 9.79 Å². The Labute approximate surface area is 187 Å². The number of methoxy groups -OCH3 is 1. The molecule has 0 radical (unpaired) electrons. The molecule has 0 saturated heterocycles. The standard InChI is InChI=1S/C26H28N2O4/c1-14(2)32-22-11-17-18(12-21(22)31-9-8-30-5)26(3,4)25-23(24(17)29)16-7-6-15(20-13-27-20)10-19(16)28-25/h6-7,10-14,20,28H,8-9H2,1-5H3. The molecule has 1 unspecified atom stereocenters. The van der Waals surface area contributed by atoms with Crippen LogP contribution in [-0.2, 0) is 10.2 Å². The van der Waals surface area contributed by atoms with E-state index in [9.17, 15) is 4.79 Å². The van der Waals surface area contributed by atoms with E-state index in [2.05, 4.69) is 36.0 Å². The third-order valence-electron chi connectivity index (χ3n) is 6.22. The lowest BCUT2D eigenvalue weighted by atomic mass is 9.71. The maximum absolute atomic E-state index is 13.8. The topological polar surface area (TPSA) is 72.9 Å². The first-order chi connectivity index (χ1) is 15.3. The lowest BCUT2D eigenvalue weighted by molar-refractivity contribution is 0.103. The van der Waals surface area contributed by atoms with Crippen LogP contribution in [0, 0.1) is 0 Å². The maximum Gasteiger partial charge on any atom is 0.195 e. The summed E-state index contributed by atoms with van der Waals surface area (Å²) in [6, 6.07) is 10.2. The van der Waals surface area contributed by atoms with Gasteiger partial charge in [0.1, 0.15) is 12.6 Å². The number of aromatic nitrogens is 1. The molecule has 0 amide bonds. The van der Waals surface area contributed by atoms with E-state index in [4.69, 9.17) is 14.2 Å².